The lowest BCUT2D eigenvalue weighted by Gasteiger charge is -2.20. The molecule has 3 unspecified atom stereocenters. The fraction of sp³-hybridized carbons (Fsp3) is 0.588. The summed E-state index contributed by atoms with van der Waals surface area (Å²) in [6.07, 6.45) is 1.97. The average molecular weight is 341 g/mol. The van der Waals surface area contributed by atoms with Gasteiger partial charge in [0, 0.05) is 12.1 Å². The first-order chi connectivity index (χ1) is 11.0. The minimum atomic E-state index is -0.358. The van der Waals surface area contributed by atoms with E-state index in [0.29, 0.717) is 30.3 Å². The standard InChI is InChI=1S/C17H25ClN2O3/c1-11(9-12(2)21)10-19-17(22)20-15-7-4-8-23-16-13(15)5-3-6-14(16)18/h3,5-6,11-12,15,21H,4,7-10H2,1-2H3,(H2,19,20,22). The van der Waals surface area contributed by atoms with Crippen LogP contribution in [-0.4, -0.2) is 30.4 Å². The maximum Gasteiger partial charge on any atom is 0.315 e. The lowest BCUT2D eigenvalue weighted by molar-refractivity contribution is 0.163. The fourth-order valence-corrected chi connectivity index (χ4v) is 3.10. The number of para-hydroxylation sites is 1. The van der Waals surface area contributed by atoms with Crippen LogP contribution in [0.2, 0.25) is 5.02 Å². The zero-order valence-corrected chi connectivity index (χ0v) is 14.4. The molecule has 0 saturated carbocycles. The second-order valence-corrected chi connectivity index (χ2v) is 6.65. The van der Waals surface area contributed by atoms with Gasteiger partial charge in [-0.3, -0.25) is 0 Å². The van der Waals surface area contributed by atoms with Gasteiger partial charge in [0.1, 0.15) is 5.75 Å². The third-order valence-corrected chi connectivity index (χ3v) is 4.21. The molecule has 23 heavy (non-hydrogen) atoms. The number of aliphatic hydroxyl groups excluding tert-OH is 1. The molecule has 1 heterocycles. The third-order valence-electron chi connectivity index (χ3n) is 3.92. The number of fused-ring (bicyclic) bond motifs is 1. The van der Waals surface area contributed by atoms with Crippen LogP contribution in [0.25, 0.3) is 0 Å². The van der Waals surface area contributed by atoms with E-state index in [-0.39, 0.29) is 24.1 Å². The van der Waals surface area contributed by atoms with Gasteiger partial charge in [-0.05, 0) is 38.2 Å². The molecular formula is C17H25ClN2O3. The molecule has 6 heteroatoms. The number of hydrogen-bond acceptors (Lipinski definition) is 3. The molecule has 0 fully saturated rings. The van der Waals surface area contributed by atoms with Crippen molar-refractivity contribution in [2.24, 2.45) is 5.92 Å². The maximum absolute atomic E-state index is 12.1. The number of ether oxygens (including phenoxy) is 1. The van der Waals surface area contributed by atoms with Gasteiger partial charge in [-0.2, -0.15) is 0 Å². The van der Waals surface area contributed by atoms with E-state index in [1.165, 1.54) is 0 Å². The SMILES string of the molecule is CC(O)CC(C)CNC(=O)NC1CCCOc2c(Cl)cccc21. The summed E-state index contributed by atoms with van der Waals surface area (Å²) in [5, 5.41) is 15.8. The maximum atomic E-state index is 12.1. The Labute approximate surface area is 142 Å². The van der Waals surface area contributed by atoms with Crippen LogP contribution in [0, 0.1) is 5.92 Å². The first kappa shape index (κ1) is 17.9. The number of hydrogen-bond donors (Lipinski definition) is 3. The van der Waals surface area contributed by atoms with Crippen LogP contribution in [0.1, 0.15) is 44.7 Å². The number of carbonyl (C=O) groups is 1. The van der Waals surface area contributed by atoms with E-state index in [0.717, 1.165) is 18.4 Å². The summed E-state index contributed by atoms with van der Waals surface area (Å²) in [6, 6.07) is 5.28. The highest BCUT2D eigenvalue weighted by molar-refractivity contribution is 6.32. The average Bonchev–Trinajstić information content (AvgIpc) is 2.68. The number of carbonyl (C=O) groups excluding carboxylic acids is 1. The van der Waals surface area contributed by atoms with Crippen LogP contribution in [0.15, 0.2) is 18.2 Å². The summed E-state index contributed by atoms with van der Waals surface area (Å²) in [5.41, 5.74) is 0.919. The topological polar surface area (TPSA) is 70.6 Å². The van der Waals surface area contributed by atoms with Crippen LogP contribution < -0.4 is 15.4 Å². The lowest BCUT2D eigenvalue weighted by Crippen LogP contribution is -2.40. The fourth-order valence-electron chi connectivity index (χ4n) is 2.86. The van der Waals surface area contributed by atoms with Gasteiger partial charge in [-0.1, -0.05) is 30.7 Å². The molecule has 3 N–H and O–H groups in total. The number of benzene rings is 1. The Hall–Kier alpha value is -1.46. The van der Waals surface area contributed by atoms with Gasteiger partial charge in [-0.25, -0.2) is 4.79 Å². The zero-order valence-electron chi connectivity index (χ0n) is 13.6. The molecule has 1 aromatic rings. The Balaban J connectivity index is 1.95. The number of halogens is 1. The van der Waals surface area contributed by atoms with Crippen molar-refractivity contribution in [3.8, 4) is 5.75 Å². The summed E-state index contributed by atoms with van der Waals surface area (Å²) in [5.74, 6) is 0.888. The quantitative estimate of drug-likeness (QED) is 0.770. The molecule has 5 nitrogen and oxygen atoms in total. The third kappa shape index (κ3) is 5.29. The van der Waals surface area contributed by atoms with Gasteiger partial charge in [0.15, 0.2) is 0 Å². The Morgan fingerprint density at radius 3 is 3.00 bits per heavy atom. The molecule has 1 aliphatic heterocycles. The van der Waals surface area contributed by atoms with Crippen LogP contribution in [-0.2, 0) is 0 Å². The van der Waals surface area contributed by atoms with Gasteiger partial charge in [0.2, 0.25) is 0 Å². The van der Waals surface area contributed by atoms with Crippen LogP contribution in [0.5, 0.6) is 5.75 Å². The van der Waals surface area contributed by atoms with E-state index in [4.69, 9.17) is 16.3 Å². The summed E-state index contributed by atoms with van der Waals surface area (Å²) in [7, 11) is 0. The van der Waals surface area contributed by atoms with Crippen molar-refractivity contribution in [2.45, 2.75) is 45.3 Å². The van der Waals surface area contributed by atoms with Gasteiger partial charge in [0.25, 0.3) is 0 Å². The van der Waals surface area contributed by atoms with E-state index in [1.54, 1.807) is 13.0 Å². The van der Waals surface area contributed by atoms with Crippen LogP contribution >= 0.6 is 11.6 Å². The molecule has 0 spiro atoms. The number of amides is 2. The van der Waals surface area contributed by atoms with Crippen molar-refractivity contribution >= 4 is 17.6 Å². The highest BCUT2D eigenvalue weighted by Gasteiger charge is 2.23. The largest absolute Gasteiger partial charge is 0.492 e. The molecule has 1 aliphatic rings. The summed E-state index contributed by atoms with van der Waals surface area (Å²) < 4.78 is 5.70. The minimum Gasteiger partial charge on any atom is -0.492 e. The van der Waals surface area contributed by atoms with Gasteiger partial charge < -0.3 is 20.5 Å². The predicted octanol–water partition coefficient (Wildman–Crippen LogP) is 3.26. The number of nitrogens with one attached hydrogen (secondary N) is 2. The van der Waals surface area contributed by atoms with Gasteiger partial charge in [-0.15, -0.1) is 0 Å². The summed E-state index contributed by atoms with van der Waals surface area (Å²) in [6.45, 7) is 4.88. The van der Waals surface area contributed by atoms with Crippen molar-refractivity contribution in [3.05, 3.63) is 28.8 Å². The molecule has 0 saturated heterocycles. The monoisotopic (exact) mass is 340 g/mol. The molecule has 128 valence electrons. The molecule has 2 amide bonds. The summed E-state index contributed by atoms with van der Waals surface area (Å²) >= 11 is 6.19. The zero-order chi connectivity index (χ0) is 16.8. The van der Waals surface area contributed by atoms with Crippen molar-refractivity contribution in [1.29, 1.82) is 0 Å². The van der Waals surface area contributed by atoms with E-state index in [9.17, 15) is 9.90 Å². The van der Waals surface area contributed by atoms with E-state index in [1.807, 2.05) is 19.1 Å². The molecular weight excluding hydrogens is 316 g/mol. The predicted molar refractivity (Wildman–Crippen MR) is 90.9 cm³/mol. The molecule has 3 atom stereocenters. The van der Waals surface area contributed by atoms with Crippen molar-refractivity contribution < 1.29 is 14.6 Å². The number of aliphatic hydroxyl groups is 1. The van der Waals surface area contributed by atoms with E-state index >= 15 is 0 Å². The number of urea groups is 1. The first-order valence-electron chi connectivity index (χ1n) is 8.11. The van der Waals surface area contributed by atoms with Crippen LogP contribution in [0.4, 0.5) is 4.79 Å². The highest BCUT2D eigenvalue weighted by atomic mass is 35.5. The lowest BCUT2D eigenvalue weighted by atomic mass is 10.0. The Bertz CT molecular complexity index is 537. The molecule has 2 rings (SSSR count). The minimum absolute atomic E-state index is 0.113. The normalized spacial score (nSPS) is 19.7. The van der Waals surface area contributed by atoms with Crippen molar-refractivity contribution in [1.82, 2.24) is 10.6 Å². The molecule has 1 aromatic carbocycles. The molecule has 0 radical (unpaired) electrons. The molecule has 0 aliphatic carbocycles. The second-order valence-electron chi connectivity index (χ2n) is 6.25. The molecule has 0 aromatic heterocycles. The number of rotatable bonds is 5. The van der Waals surface area contributed by atoms with E-state index < -0.39 is 0 Å². The second kappa shape index (κ2) is 8.41. The van der Waals surface area contributed by atoms with Gasteiger partial charge in [0.05, 0.1) is 23.8 Å². The smallest absolute Gasteiger partial charge is 0.315 e. The van der Waals surface area contributed by atoms with Gasteiger partial charge >= 0.3 is 6.03 Å². The highest BCUT2D eigenvalue weighted by Crippen LogP contribution is 2.36. The molecule has 0 bridgehead atoms. The van der Waals surface area contributed by atoms with Crippen molar-refractivity contribution in [2.75, 3.05) is 13.2 Å². The Morgan fingerprint density at radius 2 is 2.26 bits per heavy atom. The Morgan fingerprint density at radius 1 is 1.48 bits per heavy atom. The van der Waals surface area contributed by atoms with Crippen LogP contribution in [0.3, 0.4) is 0 Å². The van der Waals surface area contributed by atoms with Crippen molar-refractivity contribution in [3.63, 3.8) is 0 Å². The summed E-state index contributed by atoms with van der Waals surface area (Å²) in [4.78, 5) is 12.1. The Kier molecular flexibility index (Phi) is 6.54. The first-order valence-corrected chi connectivity index (χ1v) is 8.48. The van der Waals surface area contributed by atoms with E-state index in [2.05, 4.69) is 10.6 Å².